The quantitative estimate of drug-likeness (QED) is 0.659. The molecule has 0 saturated heterocycles. The number of ketones is 1. The molecule has 3 heteroatoms. The zero-order chi connectivity index (χ0) is 13.5. The lowest BCUT2D eigenvalue weighted by molar-refractivity contribution is 0.104. The second-order valence-electron chi connectivity index (χ2n) is 4.95. The van der Waals surface area contributed by atoms with Crippen LogP contribution in [0.1, 0.15) is 26.4 Å². The van der Waals surface area contributed by atoms with Crippen molar-refractivity contribution in [1.82, 2.24) is 0 Å². The molecule has 0 spiro atoms. The molecular weight excluding hydrogens is 268 g/mol. The van der Waals surface area contributed by atoms with Gasteiger partial charge < -0.3 is 4.74 Å². The molecule has 98 valence electrons. The fraction of sp³-hybridized carbons (Fsp3) is 0.118. The Balaban J connectivity index is 1.76. The van der Waals surface area contributed by atoms with Crippen molar-refractivity contribution in [2.24, 2.45) is 0 Å². The first kappa shape index (κ1) is 11.8. The summed E-state index contributed by atoms with van der Waals surface area (Å²) in [4.78, 5) is 13.4. The summed E-state index contributed by atoms with van der Waals surface area (Å²) in [6, 6.07) is 15.9. The van der Waals surface area contributed by atoms with Crippen LogP contribution >= 0.6 is 11.3 Å². The van der Waals surface area contributed by atoms with Crippen LogP contribution < -0.4 is 0 Å². The van der Waals surface area contributed by atoms with Crippen molar-refractivity contribution < 1.29 is 9.53 Å². The summed E-state index contributed by atoms with van der Waals surface area (Å²) < 4.78 is 6.55. The summed E-state index contributed by atoms with van der Waals surface area (Å²) >= 11 is 1.55. The average molecular weight is 280 g/mol. The second kappa shape index (κ2) is 4.54. The number of benzene rings is 2. The molecular formula is C17H12O2S. The van der Waals surface area contributed by atoms with Gasteiger partial charge in [0.15, 0.2) is 0 Å². The van der Waals surface area contributed by atoms with Crippen molar-refractivity contribution in [1.29, 1.82) is 0 Å². The summed E-state index contributed by atoms with van der Waals surface area (Å²) in [6.45, 7) is 1.27. The van der Waals surface area contributed by atoms with Gasteiger partial charge in [-0.25, -0.2) is 0 Å². The Morgan fingerprint density at radius 3 is 2.75 bits per heavy atom. The monoisotopic (exact) mass is 280 g/mol. The molecule has 2 aromatic carbocycles. The van der Waals surface area contributed by atoms with Crippen molar-refractivity contribution in [3.05, 3.63) is 70.1 Å². The molecule has 0 bridgehead atoms. The summed E-state index contributed by atoms with van der Waals surface area (Å²) in [7, 11) is 0. The predicted molar refractivity (Wildman–Crippen MR) is 80.2 cm³/mol. The highest BCUT2D eigenvalue weighted by Crippen LogP contribution is 2.28. The van der Waals surface area contributed by atoms with Crippen LogP contribution in [0.15, 0.2) is 48.5 Å². The molecule has 0 atom stereocenters. The van der Waals surface area contributed by atoms with Gasteiger partial charge in [0.05, 0.1) is 18.1 Å². The van der Waals surface area contributed by atoms with Crippen LogP contribution in [0.3, 0.4) is 0 Å². The van der Waals surface area contributed by atoms with Gasteiger partial charge in [0.25, 0.3) is 0 Å². The molecule has 0 fully saturated rings. The van der Waals surface area contributed by atoms with E-state index < -0.39 is 0 Å². The standard InChI is InChI=1S/C17H12O2S/c18-17(12-5-6-13-9-19-10-14(13)7-12)16-8-11-3-1-2-4-15(11)20-16/h1-8H,9-10H2. The van der Waals surface area contributed by atoms with Gasteiger partial charge in [0, 0.05) is 10.3 Å². The molecule has 2 heterocycles. The molecule has 0 radical (unpaired) electrons. The van der Waals surface area contributed by atoms with Crippen molar-refractivity contribution in [3.63, 3.8) is 0 Å². The summed E-state index contributed by atoms with van der Waals surface area (Å²) in [5.74, 6) is 0.0981. The fourth-order valence-electron chi connectivity index (χ4n) is 2.55. The number of thiophene rings is 1. The minimum absolute atomic E-state index is 0.0981. The highest BCUT2D eigenvalue weighted by Gasteiger charge is 2.17. The minimum atomic E-state index is 0.0981. The zero-order valence-corrected chi connectivity index (χ0v) is 11.6. The molecule has 2 nitrogen and oxygen atoms in total. The van der Waals surface area contributed by atoms with Crippen molar-refractivity contribution >= 4 is 27.2 Å². The van der Waals surface area contributed by atoms with E-state index in [1.807, 2.05) is 48.5 Å². The maximum atomic E-state index is 12.6. The topological polar surface area (TPSA) is 26.3 Å². The van der Waals surface area contributed by atoms with Gasteiger partial charge in [-0.2, -0.15) is 0 Å². The molecule has 0 amide bonds. The van der Waals surface area contributed by atoms with E-state index in [2.05, 4.69) is 0 Å². The lowest BCUT2D eigenvalue weighted by Crippen LogP contribution is -1.99. The lowest BCUT2D eigenvalue weighted by atomic mass is 10.0. The van der Waals surface area contributed by atoms with Gasteiger partial charge in [-0.1, -0.05) is 30.3 Å². The van der Waals surface area contributed by atoms with E-state index in [0.717, 1.165) is 26.1 Å². The van der Waals surface area contributed by atoms with E-state index in [0.29, 0.717) is 13.2 Å². The van der Waals surface area contributed by atoms with Crippen LogP contribution in [0.5, 0.6) is 0 Å². The van der Waals surface area contributed by atoms with Gasteiger partial charge in [0.2, 0.25) is 5.78 Å². The van der Waals surface area contributed by atoms with Crippen LogP contribution in [0.2, 0.25) is 0 Å². The summed E-state index contributed by atoms with van der Waals surface area (Å²) in [6.07, 6.45) is 0. The van der Waals surface area contributed by atoms with Crippen molar-refractivity contribution in [2.45, 2.75) is 13.2 Å². The summed E-state index contributed by atoms with van der Waals surface area (Å²) in [5.41, 5.74) is 3.08. The normalized spacial score (nSPS) is 13.6. The van der Waals surface area contributed by atoms with Gasteiger partial charge in [-0.05, 0) is 34.7 Å². The van der Waals surface area contributed by atoms with Crippen LogP contribution in [0.4, 0.5) is 0 Å². The molecule has 0 N–H and O–H groups in total. The number of carbonyl (C=O) groups is 1. The Labute approximate surface area is 120 Å². The van der Waals surface area contributed by atoms with Gasteiger partial charge in [-0.3, -0.25) is 4.79 Å². The zero-order valence-electron chi connectivity index (χ0n) is 10.8. The molecule has 0 saturated carbocycles. The van der Waals surface area contributed by atoms with Gasteiger partial charge in [0.1, 0.15) is 0 Å². The molecule has 0 aliphatic carbocycles. The molecule has 4 rings (SSSR count). The molecule has 3 aromatic rings. The first-order valence-electron chi connectivity index (χ1n) is 6.54. The fourth-order valence-corrected chi connectivity index (χ4v) is 3.57. The average Bonchev–Trinajstić information content (AvgIpc) is 3.11. The molecule has 20 heavy (non-hydrogen) atoms. The summed E-state index contributed by atoms with van der Waals surface area (Å²) in [5, 5.41) is 1.13. The van der Waals surface area contributed by atoms with Crippen LogP contribution in [0, 0.1) is 0 Å². The van der Waals surface area contributed by atoms with E-state index in [1.165, 1.54) is 5.56 Å². The third-order valence-electron chi connectivity index (χ3n) is 3.63. The molecule has 0 unspecified atom stereocenters. The SMILES string of the molecule is O=C(c1ccc2c(c1)COC2)c1cc2ccccc2s1. The van der Waals surface area contributed by atoms with Crippen LogP contribution in [0.25, 0.3) is 10.1 Å². The number of hydrogen-bond acceptors (Lipinski definition) is 3. The third kappa shape index (κ3) is 1.87. The van der Waals surface area contributed by atoms with E-state index in [-0.39, 0.29) is 5.78 Å². The number of carbonyl (C=O) groups excluding carboxylic acids is 1. The lowest BCUT2D eigenvalue weighted by Gasteiger charge is -2.01. The molecule has 1 aromatic heterocycles. The van der Waals surface area contributed by atoms with Gasteiger partial charge >= 0.3 is 0 Å². The van der Waals surface area contributed by atoms with E-state index in [1.54, 1.807) is 11.3 Å². The smallest absolute Gasteiger partial charge is 0.202 e. The highest BCUT2D eigenvalue weighted by molar-refractivity contribution is 7.21. The Hall–Kier alpha value is -1.97. The number of hydrogen-bond donors (Lipinski definition) is 0. The van der Waals surface area contributed by atoms with Gasteiger partial charge in [-0.15, -0.1) is 11.3 Å². The molecule has 1 aliphatic rings. The first-order valence-corrected chi connectivity index (χ1v) is 7.36. The first-order chi connectivity index (χ1) is 9.81. The number of ether oxygens (including phenoxy) is 1. The highest BCUT2D eigenvalue weighted by atomic mass is 32.1. The maximum Gasteiger partial charge on any atom is 0.202 e. The third-order valence-corrected chi connectivity index (χ3v) is 4.75. The van der Waals surface area contributed by atoms with Crippen molar-refractivity contribution in [2.75, 3.05) is 0 Å². The minimum Gasteiger partial charge on any atom is -0.372 e. The largest absolute Gasteiger partial charge is 0.372 e. The van der Waals surface area contributed by atoms with Crippen LogP contribution in [-0.2, 0) is 18.0 Å². The second-order valence-corrected chi connectivity index (χ2v) is 6.04. The Kier molecular flexibility index (Phi) is 2.69. The van der Waals surface area contributed by atoms with E-state index in [9.17, 15) is 4.79 Å². The predicted octanol–water partition coefficient (Wildman–Crippen LogP) is 4.16. The molecule has 1 aliphatic heterocycles. The van der Waals surface area contributed by atoms with Crippen LogP contribution in [-0.4, -0.2) is 5.78 Å². The Morgan fingerprint density at radius 1 is 1.00 bits per heavy atom. The maximum absolute atomic E-state index is 12.6. The number of rotatable bonds is 2. The van der Waals surface area contributed by atoms with Crippen molar-refractivity contribution in [3.8, 4) is 0 Å². The Morgan fingerprint density at radius 2 is 1.85 bits per heavy atom. The Bertz CT molecular complexity index is 784. The number of fused-ring (bicyclic) bond motifs is 2. The van der Waals surface area contributed by atoms with E-state index in [4.69, 9.17) is 4.74 Å². The van der Waals surface area contributed by atoms with E-state index >= 15 is 0 Å².